The lowest BCUT2D eigenvalue weighted by Crippen LogP contribution is -2.49. The second kappa shape index (κ2) is 4.64. The maximum absolute atomic E-state index is 5.39. The Morgan fingerprint density at radius 3 is 2.43 bits per heavy atom. The van der Waals surface area contributed by atoms with Crippen LogP contribution in [0.5, 0.6) is 0 Å². The zero-order valence-corrected chi connectivity index (χ0v) is 9.51. The third-order valence-corrected chi connectivity index (χ3v) is 3.46. The summed E-state index contributed by atoms with van der Waals surface area (Å²) in [6.45, 7) is 6.75. The topological polar surface area (TPSA) is 53.6 Å². The van der Waals surface area contributed by atoms with E-state index in [1.165, 1.54) is 19.3 Å². The number of nitrogens with two attached hydrogens (primary N) is 1. The van der Waals surface area contributed by atoms with Gasteiger partial charge in [0, 0.05) is 20.1 Å². The number of likely N-dealkylation sites (tertiary alicyclic amines) is 1. The van der Waals surface area contributed by atoms with Gasteiger partial charge in [-0.2, -0.15) is 0 Å². The summed E-state index contributed by atoms with van der Waals surface area (Å²) in [5.74, 6) is 6.20. The van der Waals surface area contributed by atoms with Crippen LogP contribution >= 0.6 is 0 Å². The van der Waals surface area contributed by atoms with Crippen LogP contribution in [0.15, 0.2) is 4.99 Å². The number of hydrogen-bond donors (Lipinski definition) is 2. The number of guanidine groups is 1. The van der Waals surface area contributed by atoms with Crippen molar-refractivity contribution in [2.75, 3.05) is 20.1 Å². The largest absolute Gasteiger partial charge is 0.342 e. The number of piperidine rings is 1. The summed E-state index contributed by atoms with van der Waals surface area (Å²) in [5, 5.41) is 0. The van der Waals surface area contributed by atoms with Crippen LogP contribution in [0.25, 0.3) is 0 Å². The predicted octanol–water partition coefficient (Wildman–Crippen LogP) is 0.948. The second-order valence-corrected chi connectivity index (χ2v) is 4.34. The molecule has 1 saturated heterocycles. The molecule has 0 aromatic carbocycles. The van der Waals surface area contributed by atoms with E-state index < -0.39 is 0 Å². The molecule has 0 aromatic rings. The maximum Gasteiger partial charge on any atom is 0.208 e. The average molecular weight is 198 g/mol. The number of aliphatic imine (C=N–C) groups is 1. The van der Waals surface area contributed by atoms with E-state index in [-0.39, 0.29) is 0 Å². The molecular formula is C10H22N4. The summed E-state index contributed by atoms with van der Waals surface area (Å²) in [6.07, 6.45) is 3.71. The van der Waals surface area contributed by atoms with Gasteiger partial charge in [-0.25, -0.2) is 5.84 Å². The first-order valence-electron chi connectivity index (χ1n) is 5.33. The Hall–Kier alpha value is -0.770. The zero-order valence-electron chi connectivity index (χ0n) is 9.51. The Labute approximate surface area is 86.5 Å². The molecule has 0 amide bonds. The molecule has 4 nitrogen and oxygen atoms in total. The molecule has 0 radical (unpaired) electrons. The standard InChI is InChI=1S/C10H22N4/c1-4-10(2)5-7-14(8-6-10)9(12-3)13-11/h4-8,11H2,1-3H3,(H,12,13). The molecule has 3 N–H and O–H groups in total. The van der Waals surface area contributed by atoms with Crippen molar-refractivity contribution in [1.82, 2.24) is 10.3 Å². The summed E-state index contributed by atoms with van der Waals surface area (Å²) < 4.78 is 0. The van der Waals surface area contributed by atoms with Gasteiger partial charge in [0.05, 0.1) is 0 Å². The molecular weight excluding hydrogens is 176 g/mol. The molecule has 1 rings (SSSR count). The molecule has 0 aromatic heterocycles. The zero-order chi connectivity index (χ0) is 10.6. The van der Waals surface area contributed by atoms with Gasteiger partial charge in [-0.3, -0.25) is 10.4 Å². The number of nitrogens with one attached hydrogen (secondary N) is 1. The Kier molecular flexibility index (Phi) is 3.75. The van der Waals surface area contributed by atoms with Crippen LogP contribution in [-0.4, -0.2) is 31.0 Å². The molecule has 0 saturated carbocycles. The highest BCUT2D eigenvalue weighted by atomic mass is 15.4. The van der Waals surface area contributed by atoms with Crippen molar-refractivity contribution in [3.8, 4) is 0 Å². The van der Waals surface area contributed by atoms with Gasteiger partial charge in [-0.15, -0.1) is 0 Å². The normalized spacial score (nSPS) is 22.3. The molecule has 1 fully saturated rings. The monoisotopic (exact) mass is 198 g/mol. The SMILES string of the molecule is CCC1(C)CCN(C(=NC)NN)CC1. The molecule has 1 aliphatic heterocycles. The van der Waals surface area contributed by atoms with E-state index in [1.54, 1.807) is 7.05 Å². The van der Waals surface area contributed by atoms with Crippen LogP contribution in [0.2, 0.25) is 0 Å². The molecule has 82 valence electrons. The van der Waals surface area contributed by atoms with Gasteiger partial charge in [0.25, 0.3) is 0 Å². The molecule has 14 heavy (non-hydrogen) atoms. The first-order valence-corrected chi connectivity index (χ1v) is 5.33. The fourth-order valence-electron chi connectivity index (χ4n) is 1.91. The third kappa shape index (κ3) is 2.38. The summed E-state index contributed by atoms with van der Waals surface area (Å²) in [7, 11) is 1.77. The highest BCUT2D eigenvalue weighted by Crippen LogP contribution is 2.33. The highest BCUT2D eigenvalue weighted by molar-refractivity contribution is 5.79. The van der Waals surface area contributed by atoms with Crippen molar-refractivity contribution in [2.24, 2.45) is 16.3 Å². The Morgan fingerprint density at radius 2 is 2.07 bits per heavy atom. The fourth-order valence-corrected chi connectivity index (χ4v) is 1.91. The van der Waals surface area contributed by atoms with Crippen molar-refractivity contribution >= 4 is 5.96 Å². The summed E-state index contributed by atoms with van der Waals surface area (Å²) >= 11 is 0. The predicted molar refractivity (Wildman–Crippen MR) is 59.9 cm³/mol. The average Bonchev–Trinajstić information content (AvgIpc) is 2.23. The van der Waals surface area contributed by atoms with E-state index in [0.717, 1.165) is 19.0 Å². The second-order valence-electron chi connectivity index (χ2n) is 4.34. The van der Waals surface area contributed by atoms with Gasteiger partial charge in [0.2, 0.25) is 5.96 Å². The van der Waals surface area contributed by atoms with Gasteiger partial charge < -0.3 is 4.90 Å². The first kappa shape index (κ1) is 11.3. The smallest absolute Gasteiger partial charge is 0.208 e. The van der Waals surface area contributed by atoms with Crippen molar-refractivity contribution < 1.29 is 0 Å². The highest BCUT2D eigenvalue weighted by Gasteiger charge is 2.29. The molecule has 0 unspecified atom stereocenters. The maximum atomic E-state index is 5.39. The van der Waals surface area contributed by atoms with E-state index >= 15 is 0 Å². The van der Waals surface area contributed by atoms with E-state index in [1.807, 2.05) is 0 Å². The van der Waals surface area contributed by atoms with Gasteiger partial charge >= 0.3 is 0 Å². The lowest BCUT2D eigenvalue weighted by molar-refractivity contribution is 0.159. The quantitative estimate of drug-likeness (QED) is 0.285. The number of hydrogen-bond acceptors (Lipinski definition) is 2. The minimum absolute atomic E-state index is 0.518. The van der Waals surface area contributed by atoms with E-state index in [9.17, 15) is 0 Å². The number of hydrazine groups is 1. The van der Waals surface area contributed by atoms with Gasteiger partial charge in [-0.1, -0.05) is 20.3 Å². The Balaban J connectivity index is 2.50. The molecule has 1 aliphatic rings. The van der Waals surface area contributed by atoms with Crippen molar-refractivity contribution in [3.63, 3.8) is 0 Å². The van der Waals surface area contributed by atoms with E-state index in [4.69, 9.17) is 5.84 Å². The molecule has 0 atom stereocenters. The minimum atomic E-state index is 0.518. The van der Waals surface area contributed by atoms with Crippen LogP contribution in [-0.2, 0) is 0 Å². The molecule has 0 bridgehead atoms. The van der Waals surface area contributed by atoms with Crippen molar-refractivity contribution in [1.29, 1.82) is 0 Å². The third-order valence-electron chi connectivity index (χ3n) is 3.46. The van der Waals surface area contributed by atoms with Gasteiger partial charge in [0.15, 0.2) is 0 Å². The molecule has 1 heterocycles. The summed E-state index contributed by atoms with van der Waals surface area (Å²) in [6, 6.07) is 0. The number of rotatable bonds is 1. The van der Waals surface area contributed by atoms with E-state index in [0.29, 0.717) is 5.41 Å². The van der Waals surface area contributed by atoms with Crippen LogP contribution in [0.4, 0.5) is 0 Å². The summed E-state index contributed by atoms with van der Waals surface area (Å²) in [5.41, 5.74) is 3.16. The van der Waals surface area contributed by atoms with Crippen LogP contribution in [0.3, 0.4) is 0 Å². The number of nitrogens with zero attached hydrogens (tertiary/aromatic N) is 2. The van der Waals surface area contributed by atoms with Crippen LogP contribution in [0, 0.1) is 5.41 Å². The minimum Gasteiger partial charge on any atom is -0.342 e. The lowest BCUT2D eigenvalue weighted by Gasteiger charge is -2.39. The van der Waals surface area contributed by atoms with Gasteiger partial charge in [-0.05, 0) is 18.3 Å². The fraction of sp³-hybridized carbons (Fsp3) is 0.900. The lowest BCUT2D eigenvalue weighted by atomic mass is 9.78. The van der Waals surface area contributed by atoms with Crippen LogP contribution < -0.4 is 11.3 Å². The first-order chi connectivity index (χ1) is 6.65. The van der Waals surface area contributed by atoms with E-state index in [2.05, 4.69) is 29.2 Å². The molecule has 4 heteroatoms. The van der Waals surface area contributed by atoms with Gasteiger partial charge in [0.1, 0.15) is 0 Å². The van der Waals surface area contributed by atoms with Crippen molar-refractivity contribution in [2.45, 2.75) is 33.1 Å². The Bertz CT molecular complexity index is 204. The molecule has 0 aliphatic carbocycles. The van der Waals surface area contributed by atoms with Crippen LogP contribution in [0.1, 0.15) is 33.1 Å². The van der Waals surface area contributed by atoms with Crippen molar-refractivity contribution in [3.05, 3.63) is 0 Å². The Morgan fingerprint density at radius 1 is 1.50 bits per heavy atom. The molecule has 0 spiro atoms. The summed E-state index contributed by atoms with van der Waals surface area (Å²) in [4.78, 5) is 6.33.